The lowest BCUT2D eigenvalue weighted by Gasteiger charge is -2.28. The molecule has 0 bridgehead atoms. The molecule has 4 rings (SSSR count). The number of nitrogens with one attached hydrogen (secondary N) is 2. The van der Waals surface area contributed by atoms with Gasteiger partial charge in [0.1, 0.15) is 23.7 Å². The fourth-order valence-electron chi connectivity index (χ4n) is 3.37. The molecule has 7 heteroatoms. The molecule has 2 aromatic carbocycles. The predicted octanol–water partition coefficient (Wildman–Crippen LogP) is 3.72. The average molecular weight is 406 g/mol. The number of rotatable bonds is 8. The Morgan fingerprint density at radius 1 is 0.967 bits per heavy atom. The molecule has 0 amide bonds. The van der Waals surface area contributed by atoms with Crippen LogP contribution in [-0.2, 0) is 11.2 Å². The standard InChI is InChI=1S/C23H27N5O2/c1-29-21-8-2-18(3-9-21)10-11-24-22-16-23(26-17-25-22)27-19-4-6-20(7-5-19)28-12-14-30-15-13-28/h2-9,16-17H,10-15H2,1H3,(H2,24,25,26,27). The first-order valence-electron chi connectivity index (χ1n) is 10.2. The van der Waals surface area contributed by atoms with Crippen molar-refractivity contribution in [3.8, 4) is 5.75 Å². The highest BCUT2D eigenvalue weighted by Gasteiger charge is 2.10. The van der Waals surface area contributed by atoms with Crippen LogP contribution in [0.15, 0.2) is 60.9 Å². The molecule has 30 heavy (non-hydrogen) atoms. The molecular formula is C23H27N5O2. The first-order chi connectivity index (χ1) is 14.8. The number of hydrogen-bond acceptors (Lipinski definition) is 7. The maximum Gasteiger partial charge on any atom is 0.135 e. The van der Waals surface area contributed by atoms with Crippen molar-refractivity contribution >= 4 is 23.0 Å². The summed E-state index contributed by atoms with van der Waals surface area (Å²) in [5.41, 5.74) is 3.46. The zero-order valence-corrected chi connectivity index (χ0v) is 17.2. The van der Waals surface area contributed by atoms with Gasteiger partial charge in [-0.1, -0.05) is 12.1 Å². The van der Waals surface area contributed by atoms with Crippen molar-refractivity contribution in [3.05, 3.63) is 66.5 Å². The number of benzene rings is 2. The van der Waals surface area contributed by atoms with Crippen LogP contribution in [0.4, 0.5) is 23.0 Å². The zero-order valence-electron chi connectivity index (χ0n) is 17.2. The van der Waals surface area contributed by atoms with Crippen molar-refractivity contribution in [1.82, 2.24) is 9.97 Å². The summed E-state index contributed by atoms with van der Waals surface area (Å²) in [5.74, 6) is 2.43. The fourth-order valence-corrected chi connectivity index (χ4v) is 3.37. The van der Waals surface area contributed by atoms with Crippen LogP contribution in [0.1, 0.15) is 5.56 Å². The van der Waals surface area contributed by atoms with E-state index < -0.39 is 0 Å². The molecule has 7 nitrogen and oxygen atoms in total. The van der Waals surface area contributed by atoms with Crippen molar-refractivity contribution in [2.24, 2.45) is 0 Å². The van der Waals surface area contributed by atoms with Gasteiger partial charge in [-0.25, -0.2) is 9.97 Å². The van der Waals surface area contributed by atoms with Crippen LogP contribution in [0, 0.1) is 0 Å². The average Bonchev–Trinajstić information content (AvgIpc) is 2.81. The third kappa shape index (κ3) is 5.39. The second kappa shape index (κ2) is 9.93. The van der Waals surface area contributed by atoms with Gasteiger partial charge in [0, 0.05) is 37.1 Å². The molecule has 1 aliphatic rings. The molecule has 1 aromatic heterocycles. The Labute approximate surface area is 177 Å². The van der Waals surface area contributed by atoms with Gasteiger partial charge in [0.05, 0.1) is 20.3 Å². The van der Waals surface area contributed by atoms with Crippen LogP contribution in [0.2, 0.25) is 0 Å². The van der Waals surface area contributed by atoms with Crippen LogP contribution in [0.3, 0.4) is 0 Å². The van der Waals surface area contributed by atoms with E-state index in [0.717, 1.165) is 62.3 Å². The third-order valence-corrected chi connectivity index (χ3v) is 5.06. The molecule has 0 saturated carbocycles. The van der Waals surface area contributed by atoms with Gasteiger partial charge in [-0.2, -0.15) is 0 Å². The van der Waals surface area contributed by atoms with Gasteiger partial charge in [-0.05, 0) is 48.4 Å². The molecule has 156 valence electrons. The van der Waals surface area contributed by atoms with E-state index in [1.807, 2.05) is 18.2 Å². The summed E-state index contributed by atoms with van der Waals surface area (Å²) < 4.78 is 10.6. The molecule has 2 N–H and O–H groups in total. The highest BCUT2D eigenvalue weighted by molar-refractivity contribution is 5.62. The second-order valence-electron chi connectivity index (χ2n) is 7.08. The van der Waals surface area contributed by atoms with Gasteiger partial charge in [0.25, 0.3) is 0 Å². The molecule has 0 atom stereocenters. The summed E-state index contributed by atoms with van der Waals surface area (Å²) in [6, 6.07) is 18.4. The Bertz CT molecular complexity index is 925. The molecule has 2 heterocycles. The van der Waals surface area contributed by atoms with Gasteiger partial charge in [-0.15, -0.1) is 0 Å². The summed E-state index contributed by atoms with van der Waals surface area (Å²) in [6.07, 6.45) is 2.47. The van der Waals surface area contributed by atoms with Crippen LogP contribution >= 0.6 is 0 Å². The van der Waals surface area contributed by atoms with Crippen LogP contribution in [-0.4, -0.2) is 49.9 Å². The Kier molecular flexibility index (Phi) is 6.61. The Morgan fingerprint density at radius 2 is 1.70 bits per heavy atom. The number of nitrogens with zero attached hydrogens (tertiary/aromatic N) is 3. The van der Waals surface area contributed by atoms with Crippen LogP contribution in [0.5, 0.6) is 5.75 Å². The number of ether oxygens (including phenoxy) is 2. The van der Waals surface area contributed by atoms with Crippen LogP contribution < -0.4 is 20.3 Å². The largest absolute Gasteiger partial charge is 0.497 e. The summed E-state index contributed by atoms with van der Waals surface area (Å²) in [5, 5.41) is 6.71. The first kappa shape index (κ1) is 20.0. The molecule has 1 aliphatic heterocycles. The molecular weight excluding hydrogens is 378 g/mol. The minimum atomic E-state index is 0.760. The van der Waals surface area contributed by atoms with E-state index in [-0.39, 0.29) is 0 Å². The van der Waals surface area contributed by atoms with Gasteiger partial charge in [0.15, 0.2) is 0 Å². The monoisotopic (exact) mass is 405 g/mol. The van der Waals surface area contributed by atoms with E-state index in [9.17, 15) is 0 Å². The smallest absolute Gasteiger partial charge is 0.135 e. The van der Waals surface area contributed by atoms with Crippen LogP contribution in [0.25, 0.3) is 0 Å². The molecule has 1 saturated heterocycles. The van der Waals surface area contributed by atoms with Crippen molar-refractivity contribution in [2.75, 3.05) is 55.5 Å². The first-order valence-corrected chi connectivity index (χ1v) is 10.2. The van der Waals surface area contributed by atoms with Gasteiger partial charge in [0.2, 0.25) is 0 Å². The number of morpholine rings is 1. The lowest BCUT2D eigenvalue weighted by Crippen LogP contribution is -2.36. The predicted molar refractivity (Wildman–Crippen MR) is 120 cm³/mol. The van der Waals surface area contributed by atoms with E-state index >= 15 is 0 Å². The zero-order chi connectivity index (χ0) is 20.6. The Hall–Kier alpha value is -3.32. The number of aromatic nitrogens is 2. The fraction of sp³-hybridized carbons (Fsp3) is 0.304. The Balaban J connectivity index is 1.30. The number of methoxy groups -OCH3 is 1. The molecule has 3 aromatic rings. The summed E-state index contributed by atoms with van der Waals surface area (Å²) in [4.78, 5) is 11.0. The molecule has 1 fully saturated rings. The summed E-state index contributed by atoms with van der Waals surface area (Å²) >= 11 is 0. The normalized spacial score (nSPS) is 13.7. The molecule has 0 unspecified atom stereocenters. The van der Waals surface area contributed by atoms with E-state index in [2.05, 4.69) is 61.9 Å². The second-order valence-corrected chi connectivity index (χ2v) is 7.08. The third-order valence-electron chi connectivity index (χ3n) is 5.06. The van der Waals surface area contributed by atoms with Crippen molar-refractivity contribution in [2.45, 2.75) is 6.42 Å². The highest BCUT2D eigenvalue weighted by Crippen LogP contribution is 2.22. The minimum Gasteiger partial charge on any atom is -0.497 e. The summed E-state index contributed by atoms with van der Waals surface area (Å²) in [7, 11) is 1.68. The van der Waals surface area contributed by atoms with E-state index in [4.69, 9.17) is 9.47 Å². The highest BCUT2D eigenvalue weighted by atomic mass is 16.5. The quantitative estimate of drug-likeness (QED) is 0.592. The van der Waals surface area contributed by atoms with Gasteiger partial charge in [-0.3, -0.25) is 0 Å². The SMILES string of the molecule is COc1ccc(CCNc2cc(Nc3ccc(N4CCOCC4)cc3)ncn2)cc1. The maximum atomic E-state index is 5.42. The molecule has 0 radical (unpaired) electrons. The number of hydrogen-bond donors (Lipinski definition) is 2. The van der Waals surface area contributed by atoms with E-state index in [0.29, 0.717) is 0 Å². The van der Waals surface area contributed by atoms with Gasteiger partial charge < -0.3 is 25.0 Å². The molecule has 0 spiro atoms. The van der Waals surface area contributed by atoms with E-state index in [1.54, 1.807) is 13.4 Å². The lowest BCUT2D eigenvalue weighted by atomic mass is 10.1. The summed E-state index contributed by atoms with van der Waals surface area (Å²) in [6.45, 7) is 4.23. The maximum absolute atomic E-state index is 5.42. The minimum absolute atomic E-state index is 0.760. The lowest BCUT2D eigenvalue weighted by molar-refractivity contribution is 0.122. The molecule has 0 aliphatic carbocycles. The van der Waals surface area contributed by atoms with E-state index in [1.165, 1.54) is 11.3 Å². The number of anilines is 4. The van der Waals surface area contributed by atoms with Crippen molar-refractivity contribution in [1.29, 1.82) is 0 Å². The topological polar surface area (TPSA) is 71.5 Å². The van der Waals surface area contributed by atoms with Crippen molar-refractivity contribution < 1.29 is 9.47 Å². The van der Waals surface area contributed by atoms with Gasteiger partial charge >= 0.3 is 0 Å². The Morgan fingerprint density at radius 3 is 2.43 bits per heavy atom. The van der Waals surface area contributed by atoms with Crippen molar-refractivity contribution in [3.63, 3.8) is 0 Å².